The van der Waals surface area contributed by atoms with Crippen LogP contribution in [-0.2, 0) is 12.6 Å². The molecule has 1 heterocycles. The van der Waals surface area contributed by atoms with Crippen LogP contribution in [0.3, 0.4) is 0 Å². The third-order valence-corrected chi connectivity index (χ3v) is 4.36. The molecule has 0 atom stereocenters. The van der Waals surface area contributed by atoms with E-state index in [1.165, 1.54) is 0 Å². The number of benzene rings is 2. The van der Waals surface area contributed by atoms with E-state index in [-0.39, 0.29) is 5.82 Å². The summed E-state index contributed by atoms with van der Waals surface area (Å²) in [7, 11) is 1.85. The molecule has 3 aromatic rings. The summed E-state index contributed by atoms with van der Waals surface area (Å²) in [6, 6.07) is 7.36. The molecule has 120 valence electrons. The van der Waals surface area contributed by atoms with E-state index in [2.05, 4.69) is 5.10 Å². The minimum absolute atomic E-state index is 0.205. The highest BCUT2D eigenvalue weighted by Gasteiger charge is 2.22. The topological polar surface area (TPSA) is 38.1 Å². The Morgan fingerprint density at radius 2 is 1.87 bits per heavy atom. The Morgan fingerprint density at radius 1 is 1.17 bits per heavy atom. The molecule has 0 aliphatic heterocycles. The van der Waals surface area contributed by atoms with Crippen LogP contribution in [0.5, 0.6) is 0 Å². The maximum Gasteiger partial charge on any atom is 0.126 e. The number of aromatic nitrogens is 2. The van der Waals surface area contributed by atoms with Crippen molar-refractivity contribution < 1.29 is 9.50 Å². The van der Waals surface area contributed by atoms with Crippen molar-refractivity contribution in [2.45, 2.75) is 33.3 Å². The molecular formula is C19H21FN2O. The van der Waals surface area contributed by atoms with Crippen LogP contribution < -0.4 is 0 Å². The number of fused-ring (bicyclic) bond motifs is 1. The molecule has 0 spiro atoms. The molecule has 0 amide bonds. The molecule has 0 saturated carbocycles. The van der Waals surface area contributed by atoms with Crippen molar-refractivity contribution in [3.63, 3.8) is 0 Å². The lowest BCUT2D eigenvalue weighted by Crippen LogP contribution is -2.16. The second-order valence-electron chi connectivity index (χ2n) is 6.68. The summed E-state index contributed by atoms with van der Waals surface area (Å²) in [4.78, 5) is 0. The van der Waals surface area contributed by atoms with Gasteiger partial charge in [-0.25, -0.2) is 4.39 Å². The van der Waals surface area contributed by atoms with E-state index in [1.807, 2.05) is 38.4 Å². The third kappa shape index (κ3) is 2.63. The quantitative estimate of drug-likeness (QED) is 0.769. The predicted octanol–water partition coefficient (Wildman–Crippen LogP) is 4.22. The second kappa shape index (κ2) is 5.17. The minimum Gasteiger partial charge on any atom is -0.386 e. The number of aryl methyl sites for hydroxylation is 2. The van der Waals surface area contributed by atoms with Gasteiger partial charge in [-0.2, -0.15) is 5.10 Å². The maximum absolute atomic E-state index is 14.1. The zero-order chi connectivity index (χ0) is 16.9. The fourth-order valence-corrected chi connectivity index (χ4v) is 2.94. The van der Waals surface area contributed by atoms with Gasteiger partial charge in [-0.1, -0.05) is 18.2 Å². The highest BCUT2D eigenvalue weighted by molar-refractivity contribution is 5.96. The van der Waals surface area contributed by atoms with Gasteiger partial charge in [-0.3, -0.25) is 4.68 Å². The maximum atomic E-state index is 14.1. The Kier molecular flexibility index (Phi) is 3.52. The van der Waals surface area contributed by atoms with Gasteiger partial charge in [-0.05, 0) is 56.0 Å². The van der Waals surface area contributed by atoms with Crippen molar-refractivity contribution in [2.24, 2.45) is 7.05 Å². The molecule has 1 aromatic heterocycles. The molecule has 0 fully saturated rings. The lowest BCUT2D eigenvalue weighted by molar-refractivity contribution is 0.0800. The van der Waals surface area contributed by atoms with Crippen LogP contribution in [0, 0.1) is 19.7 Å². The second-order valence-corrected chi connectivity index (χ2v) is 6.68. The summed E-state index contributed by atoms with van der Waals surface area (Å²) >= 11 is 0. The third-order valence-electron chi connectivity index (χ3n) is 4.36. The van der Waals surface area contributed by atoms with Gasteiger partial charge in [0.1, 0.15) is 5.82 Å². The van der Waals surface area contributed by atoms with E-state index < -0.39 is 5.60 Å². The molecule has 0 radical (unpaired) electrons. The van der Waals surface area contributed by atoms with E-state index in [0.29, 0.717) is 5.56 Å². The van der Waals surface area contributed by atoms with E-state index in [9.17, 15) is 9.50 Å². The van der Waals surface area contributed by atoms with Crippen molar-refractivity contribution in [3.05, 3.63) is 53.0 Å². The highest BCUT2D eigenvalue weighted by atomic mass is 19.1. The molecule has 0 aliphatic rings. The smallest absolute Gasteiger partial charge is 0.126 e. The minimum atomic E-state index is -0.987. The van der Waals surface area contributed by atoms with Gasteiger partial charge in [0.25, 0.3) is 0 Å². The van der Waals surface area contributed by atoms with Gasteiger partial charge >= 0.3 is 0 Å². The normalized spacial score (nSPS) is 12.1. The van der Waals surface area contributed by atoms with E-state index in [0.717, 1.165) is 33.2 Å². The molecule has 0 saturated heterocycles. The summed E-state index contributed by atoms with van der Waals surface area (Å²) in [6.45, 7) is 7.18. The SMILES string of the molecule is Cc1cc(-c2ccc(C(C)(C)O)c3nn(C)cc23)cc(F)c1C. The van der Waals surface area contributed by atoms with Crippen molar-refractivity contribution in [3.8, 4) is 11.1 Å². The zero-order valence-corrected chi connectivity index (χ0v) is 14.1. The fraction of sp³-hybridized carbons (Fsp3) is 0.316. The summed E-state index contributed by atoms with van der Waals surface area (Å²) in [5, 5.41) is 15.8. The van der Waals surface area contributed by atoms with Gasteiger partial charge in [0.2, 0.25) is 0 Å². The molecule has 0 bridgehead atoms. The van der Waals surface area contributed by atoms with Crippen molar-refractivity contribution in [1.29, 1.82) is 0 Å². The molecule has 0 aliphatic carbocycles. The molecule has 3 nitrogen and oxygen atoms in total. The van der Waals surface area contributed by atoms with Gasteiger partial charge in [-0.15, -0.1) is 0 Å². The molecule has 23 heavy (non-hydrogen) atoms. The lowest BCUT2D eigenvalue weighted by atomic mass is 9.91. The van der Waals surface area contributed by atoms with E-state index >= 15 is 0 Å². The van der Waals surface area contributed by atoms with Crippen LogP contribution in [0.4, 0.5) is 4.39 Å². The van der Waals surface area contributed by atoms with Gasteiger partial charge < -0.3 is 5.11 Å². The van der Waals surface area contributed by atoms with E-state index in [4.69, 9.17) is 0 Å². The van der Waals surface area contributed by atoms with Gasteiger partial charge in [0.05, 0.1) is 11.1 Å². The molecule has 4 heteroatoms. The highest BCUT2D eigenvalue weighted by Crippen LogP contribution is 2.35. The monoisotopic (exact) mass is 312 g/mol. The number of hydrogen-bond donors (Lipinski definition) is 1. The van der Waals surface area contributed by atoms with E-state index in [1.54, 1.807) is 31.5 Å². The van der Waals surface area contributed by atoms with Gasteiger partial charge in [0.15, 0.2) is 0 Å². The van der Waals surface area contributed by atoms with Crippen LogP contribution >= 0.6 is 0 Å². The number of nitrogens with zero attached hydrogens (tertiary/aromatic N) is 2. The Balaban J connectivity index is 2.32. The first-order valence-corrected chi connectivity index (χ1v) is 7.65. The first kappa shape index (κ1) is 15.7. The zero-order valence-electron chi connectivity index (χ0n) is 14.1. The number of hydrogen-bond acceptors (Lipinski definition) is 2. The van der Waals surface area contributed by atoms with Crippen LogP contribution in [0.15, 0.2) is 30.5 Å². The number of halogens is 1. The molecule has 0 unspecified atom stereocenters. The Hall–Kier alpha value is -2.20. The molecule has 3 rings (SSSR count). The van der Waals surface area contributed by atoms with Crippen molar-refractivity contribution >= 4 is 10.9 Å². The summed E-state index contributed by atoms with van der Waals surface area (Å²) in [6.07, 6.45) is 1.91. The Bertz CT molecular complexity index is 881. The molecule has 2 aromatic carbocycles. The Morgan fingerprint density at radius 3 is 2.48 bits per heavy atom. The van der Waals surface area contributed by atoms with Crippen molar-refractivity contribution in [1.82, 2.24) is 9.78 Å². The molecular weight excluding hydrogens is 291 g/mol. The van der Waals surface area contributed by atoms with Crippen LogP contribution in [-0.4, -0.2) is 14.9 Å². The predicted molar refractivity (Wildman–Crippen MR) is 90.8 cm³/mol. The largest absolute Gasteiger partial charge is 0.386 e. The lowest BCUT2D eigenvalue weighted by Gasteiger charge is -2.19. The fourth-order valence-electron chi connectivity index (χ4n) is 2.94. The average Bonchev–Trinajstić information content (AvgIpc) is 2.82. The van der Waals surface area contributed by atoms with Crippen molar-refractivity contribution in [2.75, 3.05) is 0 Å². The van der Waals surface area contributed by atoms with Crippen LogP contribution in [0.2, 0.25) is 0 Å². The number of aliphatic hydroxyl groups is 1. The number of rotatable bonds is 2. The Labute approximate surface area is 135 Å². The summed E-state index contributed by atoms with van der Waals surface area (Å²) in [5.74, 6) is -0.205. The summed E-state index contributed by atoms with van der Waals surface area (Å²) in [5.41, 5.74) is 3.86. The van der Waals surface area contributed by atoms with Gasteiger partial charge in [0, 0.05) is 24.2 Å². The first-order valence-electron chi connectivity index (χ1n) is 7.65. The van der Waals surface area contributed by atoms with Crippen LogP contribution in [0.25, 0.3) is 22.0 Å². The van der Waals surface area contributed by atoms with Crippen LogP contribution in [0.1, 0.15) is 30.5 Å². The standard InChI is InChI=1S/C19H21FN2O/c1-11-8-13(9-17(20)12(11)2)14-6-7-16(19(3,4)23)18-15(14)10-22(5)21-18/h6-10,23H,1-5H3. The summed E-state index contributed by atoms with van der Waals surface area (Å²) < 4.78 is 15.9. The molecule has 1 N–H and O–H groups in total. The average molecular weight is 312 g/mol. The first-order chi connectivity index (χ1) is 10.7.